The molecular formula is C24H26N4. The molecule has 0 bridgehead atoms. The van der Waals surface area contributed by atoms with E-state index >= 15 is 0 Å². The summed E-state index contributed by atoms with van der Waals surface area (Å²) in [6, 6.07) is 14.4. The lowest BCUT2D eigenvalue weighted by Crippen LogP contribution is -2.18. The number of hydrogen-bond acceptors (Lipinski definition) is 4. The molecule has 0 saturated carbocycles. The Morgan fingerprint density at radius 3 is 2.79 bits per heavy atom. The van der Waals surface area contributed by atoms with Crippen molar-refractivity contribution in [1.82, 2.24) is 0 Å². The molecule has 4 N–H and O–H groups in total. The van der Waals surface area contributed by atoms with Gasteiger partial charge in [0.2, 0.25) is 0 Å². The fraction of sp³-hybridized carbons (Fsp3) is 0.333. The average Bonchev–Trinajstić information content (AvgIpc) is 2.75. The maximum Gasteiger partial charge on any atom is 0.0991 e. The monoisotopic (exact) mass is 370 g/mol. The number of rotatable bonds is 4. The Morgan fingerprint density at radius 1 is 1.11 bits per heavy atom. The summed E-state index contributed by atoms with van der Waals surface area (Å²) < 4.78 is 0. The van der Waals surface area contributed by atoms with E-state index in [-0.39, 0.29) is 6.04 Å². The van der Waals surface area contributed by atoms with E-state index in [1.54, 1.807) is 0 Å². The molecule has 1 atom stereocenters. The molecule has 2 aliphatic rings. The highest BCUT2D eigenvalue weighted by Gasteiger charge is 2.21. The lowest BCUT2D eigenvalue weighted by molar-refractivity contribution is 0.600. The molecule has 4 nitrogen and oxygen atoms in total. The molecule has 0 aliphatic heterocycles. The Morgan fingerprint density at radius 2 is 2.00 bits per heavy atom. The first-order valence-corrected chi connectivity index (χ1v) is 10.1. The predicted molar refractivity (Wildman–Crippen MR) is 115 cm³/mol. The van der Waals surface area contributed by atoms with Gasteiger partial charge in [-0.25, -0.2) is 0 Å². The standard InChI is InChI=1S/C24H26N4/c25-15-16-9-11-20-18(13-16)7-4-8-23(20)28-19-10-12-22(26)21(14-19)24(27)17-5-2-1-3-6-17/h5,9-14,23,27-28H,1-4,6-8,26H2. The van der Waals surface area contributed by atoms with E-state index in [0.29, 0.717) is 11.4 Å². The average molecular weight is 371 g/mol. The summed E-state index contributed by atoms with van der Waals surface area (Å²) in [5, 5.41) is 21.4. The predicted octanol–water partition coefficient (Wildman–Crippen LogP) is 5.50. The Labute approximate surface area is 166 Å². The molecule has 2 aliphatic carbocycles. The number of nitrogen functional groups attached to an aromatic ring is 1. The molecule has 4 heteroatoms. The maximum atomic E-state index is 9.15. The van der Waals surface area contributed by atoms with Gasteiger partial charge in [-0.2, -0.15) is 5.26 Å². The SMILES string of the molecule is N#Cc1ccc2c(c1)CCCC2Nc1ccc(N)c(C(=N)C2=CCCCC2)c1. The van der Waals surface area contributed by atoms with Crippen molar-refractivity contribution in [3.8, 4) is 6.07 Å². The van der Waals surface area contributed by atoms with Crippen LogP contribution in [0.5, 0.6) is 0 Å². The van der Waals surface area contributed by atoms with E-state index in [1.165, 1.54) is 17.5 Å². The van der Waals surface area contributed by atoms with Crippen LogP contribution in [0.15, 0.2) is 48.0 Å². The number of nitriles is 1. The van der Waals surface area contributed by atoms with Crippen LogP contribution in [0.2, 0.25) is 0 Å². The number of benzene rings is 2. The van der Waals surface area contributed by atoms with Crippen LogP contribution in [0.4, 0.5) is 11.4 Å². The highest BCUT2D eigenvalue weighted by atomic mass is 14.9. The van der Waals surface area contributed by atoms with Gasteiger partial charge in [0.05, 0.1) is 23.4 Å². The van der Waals surface area contributed by atoms with Gasteiger partial charge in [-0.3, -0.25) is 5.41 Å². The fourth-order valence-electron chi connectivity index (χ4n) is 4.34. The lowest BCUT2D eigenvalue weighted by atomic mass is 9.86. The van der Waals surface area contributed by atoms with E-state index in [2.05, 4.69) is 23.5 Å². The van der Waals surface area contributed by atoms with Gasteiger partial charge in [-0.05, 0) is 92.0 Å². The van der Waals surface area contributed by atoms with Gasteiger partial charge >= 0.3 is 0 Å². The van der Waals surface area contributed by atoms with Gasteiger partial charge < -0.3 is 11.1 Å². The third-order valence-corrected chi connectivity index (χ3v) is 5.86. The third kappa shape index (κ3) is 3.66. The molecule has 0 radical (unpaired) electrons. The van der Waals surface area contributed by atoms with Crippen LogP contribution in [0.25, 0.3) is 0 Å². The Bertz CT molecular complexity index is 981. The summed E-state index contributed by atoms with van der Waals surface area (Å²) in [4.78, 5) is 0. The Kier molecular flexibility index (Phi) is 5.16. The molecule has 0 fully saturated rings. The summed E-state index contributed by atoms with van der Waals surface area (Å²) in [6.45, 7) is 0. The van der Waals surface area contributed by atoms with Gasteiger partial charge in [-0.15, -0.1) is 0 Å². The second-order valence-corrected chi connectivity index (χ2v) is 7.77. The zero-order valence-electron chi connectivity index (χ0n) is 16.1. The van der Waals surface area contributed by atoms with Crippen LogP contribution in [0.3, 0.4) is 0 Å². The number of hydrogen-bond donors (Lipinski definition) is 3. The van der Waals surface area contributed by atoms with Crippen LogP contribution in [0, 0.1) is 16.7 Å². The van der Waals surface area contributed by atoms with Crippen molar-refractivity contribution >= 4 is 17.1 Å². The minimum atomic E-state index is 0.219. The van der Waals surface area contributed by atoms with Crippen LogP contribution in [0.1, 0.15) is 66.8 Å². The van der Waals surface area contributed by atoms with E-state index in [0.717, 1.165) is 60.9 Å². The number of nitrogens with two attached hydrogens (primary N) is 1. The van der Waals surface area contributed by atoms with Gasteiger partial charge in [0.1, 0.15) is 0 Å². The molecule has 0 spiro atoms. The van der Waals surface area contributed by atoms with Crippen molar-refractivity contribution < 1.29 is 0 Å². The molecule has 0 heterocycles. The van der Waals surface area contributed by atoms with E-state index in [4.69, 9.17) is 16.4 Å². The molecule has 1 unspecified atom stereocenters. The zero-order chi connectivity index (χ0) is 19.5. The van der Waals surface area contributed by atoms with Crippen LogP contribution in [-0.2, 0) is 6.42 Å². The van der Waals surface area contributed by atoms with Crippen LogP contribution in [-0.4, -0.2) is 5.71 Å². The van der Waals surface area contributed by atoms with Crippen LogP contribution < -0.4 is 11.1 Å². The second kappa shape index (κ2) is 7.90. The Balaban J connectivity index is 1.59. The highest BCUT2D eigenvalue weighted by Crippen LogP contribution is 2.34. The number of anilines is 2. The quantitative estimate of drug-likeness (QED) is 0.491. The van der Waals surface area contributed by atoms with Crippen molar-refractivity contribution in [2.75, 3.05) is 11.1 Å². The van der Waals surface area contributed by atoms with Gasteiger partial charge in [0.25, 0.3) is 0 Å². The normalized spacial score (nSPS) is 18.5. The lowest BCUT2D eigenvalue weighted by Gasteiger charge is -2.28. The summed E-state index contributed by atoms with van der Waals surface area (Å²) in [6.07, 6.45) is 9.75. The number of nitrogens with one attached hydrogen (secondary N) is 2. The molecule has 28 heavy (non-hydrogen) atoms. The zero-order valence-corrected chi connectivity index (χ0v) is 16.1. The first-order chi connectivity index (χ1) is 13.7. The van der Waals surface area contributed by atoms with Crippen molar-refractivity contribution in [3.63, 3.8) is 0 Å². The fourth-order valence-corrected chi connectivity index (χ4v) is 4.34. The summed E-state index contributed by atoms with van der Waals surface area (Å²) in [5.74, 6) is 0. The minimum absolute atomic E-state index is 0.219. The van der Waals surface area contributed by atoms with Gasteiger partial charge in [0.15, 0.2) is 0 Å². The van der Waals surface area contributed by atoms with Gasteiger partial charge in [-0.1, -0.05) is 12.1 Å². The molecule has 2 aromatic carbocycles. The van der Waals surface area contributed by atoms with Gasteiger partial charge in [0, 0.05) is 16.9 Å². The molecular weight excluding hydrogens is 344 g/mol. The van der Waals surface area contributed by atoms with Crippen molar-refractivity contribution in [2.45, 2.75) is 51.0 Å². The van der Waals surface area contributed by atoms with Crippen molar-refractivity contribution in [1.29, 1.82) is 10.7 Å². The molecule has 142 valence electrons. The first-order valence-electron chi connectivity index (χ1n) is 10.1. The van der Waals surface area contributed by atoms with E-state index in [9.17, 15) is 0 Å². The largest absolute Gasteiger partial charge is 0.398 e. The first kappa shape index (κ1) is 18.3. The summed E-state index contributed by atoms with van der Waals surface area (Å²) in [5.41, 5.74) is 13.6. The van der Waals surface area contributed by atoms with Crippen LogP contribution >= 0.6 is 0 Å². The summed E-state index contributed by atoms with van der Waals surface area (Å²) in [7, 11) is 0. The third-order valence-electron chi connectivity index (χ3n) is 5.86. The smallest absolute Gasteiger partial charge is 0.0991 e. The maximum absolute atomic E-state index is 9.15. The highest BCUT2D eigenvalue weighted by molar-refractivity contribution is 6.14. The molecule has 0 saturated heterocycles. The Hall–Kier alpha value is -3.06. The topological polar surface area (TPSA) is 85.7 Å². The van der Waals surface area contributed by atoms with Crippen molar-refractivity contribution in [2.24, 2.45) is 0 Å². The second-order valence-electron chi connectivity index (χ2n) is 7.77. The number of aryl methyl sites for hydroxylation is 1. The number of fused-ring (bicyclic) bond motifs is 1. The molecule has 4 rings (SSSR count). The molecule has 0 aromatic heterocycles. The van der Waals surface area contributed by atoms with Crippen molar-refractivity contribution in [3.05, 3.63) is 70.3 Å². The number of nitrogens with zero attached hydrogens (tertiary/aromatic N) is 1. The molecule has 0 amide bonds. The molecule has 2 aromatic rings. The van der Waals surface area contributed by atoms with E-state index in [1.807, 2.05) is 30.3 Å². The number of allylic oxidation sites excluding steroid dienone is 2. The van der Waals surface area contributed by atoms with E-state index < -0.39 is 0 Å². The minimum Gasteiger partial charge on any atom is -0.398 e. The summed E-state index contributed by atoms with van der Waals surface area (Å²) >= 11 is 0.